The van der Waals surface area contributed by atoms with Crippen LogP contribution >= 0.6 is 11.6 Å². The Balaban J connectivity index is 2.41. The maximum Gasteiger partial charge on any atom is 0.252 e. The van der Waals surface area contributed by atoms with Crippen molar-refractivity contribution in [2.75, 3.05) is 0 Å². The molecule has 7 N–H and O–H groups in total. The summed E-state index contributed by atoms with van der Waals surface area (Å²) in [5.41, 5.74) is 18.1. The standard InChI is InChI=1S/C16H16ClN5O2/c1-8-4-2-6-10(12(8)17)21-14(18)15(19)22-11-7-3-5-9(13(11)23)16(20)24/h2-7,23H,1H3,(H2,18,21)(H2,19,22)(H2,20,24). The highest BCUT2D eigenvalue weighted by Crippen LogP contribution is 2.30. The van der Waals surface area contributed by atoms with Crippen molar-refractivity contribution in [3.63, 3.8) is 0 Å². The first-order chi connectivity index (χ1) is 11.3. The fraction of sp³-hybridized carbons (Fsp3) is 0.0625. The van der Waals surface area contributed by atoms with Gasteiger partial charge in [-0.1, -0.05) is 29.8 Å². The normalized spacial score (nSPS) is 12.2. The first-order valence-electron chi connectivity index (χ1n) is 6.87. The summed E-state index contributed by atoms with van der Waals surface area (Å²) < 4.78 is 0. The lowest BCUT2D eigenvalue weighted by atomic mass is 10.1. The van der Waals surface area contributed by atoms with Crippen LogP contribution in [0.3, 0.4) is 0 Å². The van der Waals surface area contributed by atoms with Gasteiger partial charge in [0.15, 0.2) is 17.4 Å². The van der Waals surface area contributed by atoms with Crippen molar-refractivity contribution >= 4 is 40.6 Å². The molecule has 0 unspecified atom stereocenters. The van der Waals surface area contributed by atoms with Crippen LogP contribution in [0.4, 0.5) is 11.4 Å². The minimum Gasteiger partial charge on any atom is -0.505 e. The van der Waals surface area contributed by atoms with Crippen LogP contribution in [0.25, 0.3) is 0 Å². The van der Waals surface area contributed by atoms with E-state index >= 15 is 0 Å². The summed E-state index contributed by atoms with van der Waals surface area (Å²) in [6.45, 7) is 1.84. The number of hydrogen-bond donors (Lipinski definition) is 4. The number of halogens is 1. The molecule has 0 atom stereocenters. The maximum atomic E-state index is 11.2. The Bertz CT molecular complexity index is 862. The molecule has 0 spiro atoms. The summed E-state index contributed by atoms with van der Waals surface area (Å²) >= 11 is 6.15. The number of carbonyl (C=O) groups excluding carboxylic acids is 1. The molecule has 0 saturated heterocycles. The number of aliphatic imine (C=N–C) groups is 2. The molecule has 0 bridgehead atoms. The largest absolute Gasteiger partial charge is 0.505 e. The van der Waals surface area contributed by atoms with E-state index in [9.17, 15) is 9.90 Å². The van der Waals surface area contributed by atoms with E-state index in [2.05, 4.69) is 9.98 Å². The number of benzene rings is 2. The van der Waals surface area contributed by atoms with Crippen LogP contribution in [-0.4, -0.2) is 22.7 Å². The van der Waals surface area contributed by atoms with Gasteiger partial charge in [0.2, 0.25) is 0 Å². The van der Waals surface area contributed by atoms with E-state index in [1.165, 1.54) is 18.2 Å². The van der Waals surface area contributed by atoms with Crippen LogP contribution in [0.15, 0.2) is 46.4 Å². The molecule has 0 aromatic heterocycles. The summed E-state index contributed by atoms with van der Waals surface area (Å²) in [5.74, 6) is -1.37. The average molecular weight is 346 g/mol. The monoisotopic (exact) mass is 345 g/mol. The fourth-order valence-electron chi connectivity index (χ4n) is 1.91. The Hall–Kier alpha value is -3.06. The van der Waals surface area contributed by atoms with Gasteiger partial charge in [0, 0.05) is 0 Å². The van der Waals surface area contributed by atoms with Gasteiger partial charge in [-0.25, -0.2) is 9.98 Å². The molecule has 0 radical (unpaired) electrons. The molecule has 2 rings (SSSR count). The van der Waals surface area contributed by atoms with E-state index in [0.29, 0.717) is 10.7 Å². The van der Waals surface area contributed by atoms with Crippen LogP contribution in [0.5, 0.6) is 5.75 Å². The topological polar surface area (TPSA) is 140 Å². The van der Waals surface area contributed by atoms with E-state index in [-0.39, 0.29) is 28.7 Å². The second-order valence-electron chi connectivity index (χ2n) is 4.94. The van der Waals surface area contributed by atoms with E-state index < -0.39 is 5.91 Å². The van der Waals surface area contributed by atoms with Gasteiger partial charge in [-0.05, 0) is 30.7 Å². The molecule has 0 aliphatic heterocycles. The lowest BCUT2D eigenvalue weighted by Gasteiger charge is -2.06. The molecule has 8 heteroatoms. The quantitative estimate of drug-likeness (QED) is 0.499. The van der Waals surface area contributed by atoms with Gasteiger partial charge in [0.05, 0.1) is 16.3 Å². The molecule has 2 aromatic rings. The summed E-state index contributed by atoms with van der Waals surface area (Å²) in [6.07, 6.45) is 0. The van der Waals surface area contributed by atoms with Gasteiger partial charge in [-0.3, -0.25) is 4.79 Å². The molecule has 0 heterocycles. The molecular formula is C16H16ClN5O2. The number of aryl methyl sites for hydroxylation is 1. The summed E-state index contributed by atoms with van der Waals surface area (Å²) in [4.78, 5) is 19.3. The molecule has 0 aliphatic rings. The molecule has 24 heavy (non-hydrogen) atoms. The summed E-state index contributed by atoms with van der Waals surface area (Å²) in [7, 11) is 0. The van der Waals surface area contributed by atoms with Gasteiger partial charge < -0.3 is 22.3 Å². The molecule has 0 fully saturated rings. The molecule has 124 valence electrons. The van der Waals surface area contributed by atoms with Gasteiger partial charge >= 0.3 is 0 Å². The Morgan fingerprint density at radius 1 is 1.00 bits per heavy atom. The van der Waals surface area contributed by atoms with Gasteiger partial charge in [0.25, 0.3) is 5.91 Å². The maximum absolute atomic E-state index is 11.2. The minimum absolute atomic E-state index is 0.0530. The number of phenols is 1. The highest BCUT2D eigenvalue weighted by molar-refractivity contribution is 6.41. The molecule has 0 saturated carbocycles. The van der Waals surface area contributed by atoms with Gasteiger partial charge in [0.1, 0.15) is 5.69 Å². The Morgan fingerprint density at radius 3 is 2.17 bits per heavy atom. The summed E-state index contributed by atoms with van der Waals surface area (Å²) in [5, 5.41) is 10.4. The van der Waals surface area contributed by atoms with Crippen LogP contribution in [-0.2, 0) is 0 Å². The number of para-hydroxylation sites is 1. The first-order valence-corrected chi connectivity index (χ1v) is 7.24. The molecule has 7 nitrogen and oxygen atoms in total. The van der Waals surface area contributed by atoms with Crippen molar-refractivity contribution in [3.05, 3.63) is 52.5 Å². The number of rotatable bonds is 3. The predicted octanol–water partition coefficient (Wildman–Crippen LogP) is 2.13. The van der Waals surface area contributed by atoms with Gasteiger partial charge in [-0.15, -0.1) is 0 Å². The third kappa shape index (κ3) is 3.64. The molecular weight excluding hydrogens is 330 g/mol. The van der Waals surface area contributed by atoms with Crippen molar-refractivity contribution in [2.24, 2.45) is 27.2 Å². The Morgan fingerprint density at radius 2 is 1.54 bits per heavy atom. The van der Waals surface area contributed by atoms with Crippen LogP contribution in [0.1, 0.15) is 15.9 Å². The first kappa shape index (κ1) is 17.3. The number of amides is 1. The zero-order valence-electron chi connectivity index (χ0n) is 12.8. The number of hydrogen-bond acceptors (Lipinski definition) is 4. The number of nitrogens with two attached hydrogens (primary N) is 3. The molecule has 1 amide bonds. The van der Waals surface area contributed by atoms with E-state index in [0.717, 1.165) is 5.56 Å². The molecule has 0 aliphatic carbocycles. The minimum atomic E-state index is -0.781. The number of carbonyl (C=O) groups is 1. The smallest absolute Gasteiger partial charge is 0.252 e. The zero-order valence-corrected chi connectivity index (χ0v) is 13.6. The number of primary amides is 1. The van der Waals surface area contributed by atoms with Crippen molar-refractivity contribution in [3.8, 4) is 5.75 Å². The fourth-order valence-corrected chi connectivity index (χ4v) is 2.08. The van der Waals surface area contributed by atoms with Crippen LogP contribution < -0.4 is 17.2 Å². The van der Waals surface area contributed by atoms with Gasteiger partial charge in [-0.2, -0.15) is 0 Å². The second-order valence-corrected chi connectivity index (χ2v) is 5.32. The highest BCUT2D eigenvalue weighted by atomic mass is 35.5. The van der Waals surface area contributed by atoms with E-state index in [4.69, 9.17) is 28.8 Å². The summed E-state index contributed by atoms with van der Waals surface area (Å²) in [6, 6.07) is 9.64. The van der Waals surface area contributed by atoms with Crippen molar-refractivity contribution < 1.29 is 9.90 Å². The number of nitrogens with zero attached hydrogens (tertiary/aromatic N) is 2. The van der Waals surface area contributed by atoms with Crippen molar-refractivity contribution in [1.82, 2.24) is 0 Å². The lowest BCUT2D eigenvalue weighted by molar-refractivity contribution is 0.0998. The number of aromatic hydroxyl groups is 1. The third-order valence-corrected chi connectivity index (χ3v) is 3.69. The molecule has 2 aromatic carbocycles. The predicted molar refractivity (Wildman–Crippen MR) is 95.4 cm³/mol. The lowest BCUT2D eigenvalue weighted by Crippen LogP contribution is -2.30. The Kier molecular flexibility index (Phi) is 5.05. The van der Waals surface area contributed by atoms with Crippen LogP contribution in [0.2, 0.25) is 5.02 Å². The zero-order chi connectivity index (χ0) is 17.9. The van der Waals surface area contributed by atoms with Crippen molar-refractivity contribution in [1.29, 1.82) is 0 Å². The van der Waals surface area contributed by atoms with Crippen molar-refractivity contribution in [2.45, 2.75) is 6.92 Å². The van der Waals surface area contributed by atoms with Crippen LogP contribution in [0, 0.1) is 6.92 Å². The third-order valence-electron chi connectivity index (χ3n) is 3.20. The Labute approximate surface area is 143 Å². The number of amidine groups is 2. The van der Waals surface area contributed by atoms with E-state index in [1.807, 2.05) is 13.0 Å². The highest BCUT2D eigenvalue weighted by Gasteiger charge is 2.12. The van der Waals surface area contributed by atoms with E-state index in [1.54, 1.807) is 12.1 Å². The average Bonchev–Trinajstić information content (AvgIpc) is 2.53. The second kappa shape index (κ2) is 7.01. The SMILES string of the molecule is Cc1cccc(N=C(N)C(N)=Nc2cccc(C(N)=O)c2O)c1Cl.